The fraction of sp³-hybridized carbons (Fsp3) is 0.571. The van der Waals surface area contributed by atoms with E-state index in [9.17, 15) is 10.1 Å². The Morgan fingerprint density at radius 1 is 1.42 bits per heavy atom. The van der Waals surface area contributed by atoms with E-state index >= 15 is 0 Å². The van der Waals surface area contributed by atoms with Crippen molar-refractivity contribution in [1.29, 1.82) is 0 Å². The monoisotopic (exact) mass is 326 g/mol. The molecule has 1 aromatic rings. The molecule has 0 saturated heterocycles. The lowest BCUT2D eigenvalue weighted by Gasteiger charge is -2.25. The lowest BCUT2D eigenvalue weighted by molar-refractivity contribution is -0.384. The highest BCUT2D eigenvalue weighted by Crippen LogP contribution is 2.30. The second-order valence-corrected chi connectivity index (χ2v) is 5.80. The highest BCUT2D eigenvalue weighted by molar-refractivity contribution is 9.08. The number of benzene rings is 1. The first kappa shape index (κ1) is 14.3. The van der Waals surface area contributed by atoms with Crippen LogP contribution in [0.3, 0.4) is 0 Å². The molecule has 4 nitrogen and oxygen atoms in total. The molecule has 5 heteroatoms. The summed E-state index contributed by atoms with van der Waals surface area (Å²) >= 11 is 3.42. The highest BCUT2D eigenvalue weighted by atomic mass is 79.9. The molecule has 1 aromatic carbocycles. The molecule has 1 aliphatic rings. The van der Waals surface area contributed by atoms with Crippen LogP contribution in [-0.4, -0.2) is 18.5 Å². The number of nitro benzene ring substituents is 1. The molecule has 0 unspecified atom stereocenters. The third kappa shape index (κ3) is 3.47. The van der Waals surface area contributed by atoms with Crippen LogP contribution in [0.4, 0.5) is 11.4 Å². The van der Waals surface area contributed by atoms with E-state index in [0.29, 0.717) is 5.33 Å². The summed E-state index contributed by atoms with van der Waals surface area (Å²) in [7, 11) is 2.08. The van der Waals surface area contributed by atoms with E-state index in [0.717, 1.165) is 23.7 Å². The van der Waals surface area contributed by atoms with Crippen molar-refractivity contribution in [2.45, 2.75) is 31.0 Å². The molecule has 0 N–H and O–H groups in total. The van der Waals surface area contributed by atoms with Gasteiger partial charge in [-0.1, -0.05) is 28.8 Å². The molecule has 19 heavy (non-hydrogen) atoms. The van der Waals surface area contributed by atoms with Crippen molar-refractivity contribution in [3.8, 4) is 0 Å². The van der Waals surface area contributed by atoms with Crippen molar-refractivity contribution in [3.05, 3.63) is 33.9 Å². The van der Waals surface area contributed by atoms with Crippen LogP contribution in [0.1, 0.15) is 31.2 Å². The molecule has 0 aromatic heterocycles. The summed E-state index contributed by atoms with van der Waals surface area (Å²) < 4.78 is 0. The SMILES string of the molecule is CN(CC1CCCC1)c1ccc([N+](=O)[O-])cc1CBr. The molecule has 0 spiro atoms. The van der Waals surface area contributed by atoms with Crippen LogP contribution in [0, 0.1) is 16.0 Å². The second-order valence-electron chi connectivity index (χ2n) is 5.23. The Balaban J connectivity index is 2.15. The molecule has 0 radical (unpaired) electrons. The molecular weight excluding hydrogens is 308 g/mol. The van der Waals surface area contributed by atoms with Gasteiger partial charge in [0.05, 0.1) is 4.92 Å². The van der Waals surface area contributed by atoms with Gasteiger partial charge in [0.15, 0.2) is 0 Å². The van der Waals surface area contributed by atoms with Crippen LogP contribution in [0.5, 0.6) is 0 Å². The molecule has 2 rings (SSSR count). The first-order valence-corrected chi connectivity index (χ1v) is 7.78. The van der Waals surface area contributed by atoms with Gasteiger partial charge in [0.1, 0.15) is 0 Å². The molecule has 104 valence electrons. The van der Waals surface area contributed by atoms with Gasteiger partial charge in [-0.15, -0.1) is 0 Å². The Hall–Kier alpha value is -1.10. The number of rotatable bonds is 5. The van der Waals surface area contributed by atoms with Crippen molar-refractivity contribution in [2.24, 2.45) is 5.92 Å². The van der Waals surface area contributed by atoms with Gasteiger partial charge in [0.25, 0.3) is 5.69 Å². The van der Waals surface area contributed by atoms with Crippen molar-refractivity contribution in [2.75, 3.05) is 18.5 Å². The first-order chi connectivity index (χ1) is 9.11. The fourth-order valence-corrected chi connectivity index (χ4v) is 3.29. The van der Waals surface area contributed by atoms with Crippen LogP contribution in [-0.2, 0) is 5.33 Å². The Morgan fingerprint density at radius 2 is 2.11 bits per heavy atom. The molecular formula is C14H19BrN2O2. The Morgan fingerprint density at radius 3 is 2.68 bits per heavy atom. The number of non-ortho nitro benzene ring substituents is 1. The normalized spacial score (nSPS) is 15.7. The van der Waals surface area contributed by atoms with Crippen LogP contribution >= 0.6 is 15.9 Å². The van der Waals surface area contributed by atoms with E-state index in [4.69, 9.17) is 0 Å². The molecule has 0 atom stereocenters. The lowest BCUT2D eigenvalue weighted by Crippen LogP contribution is -2.24. The summed E-state index contributed by atoms with van der Waals surface area (Å²) in [6, 6.07) is 5.12. The number of hydrogen-bond donors (Lipinski definition) is 0. The summed E-state index contributed by atoms with van der Waals surface area (Å²) in [6.45, 7) is 1.04. The third-order valence-electron chi connectivity index (χ3n) is 3.84. The number of anilines is 1. The third-order valence-corrected chi connectivity index (χ3v) is 4.44. The fourth-order valence-electron chi connectivity index (χ4n) is 2.84. The summed E-state index contributed by atoms with van der Waals surface area (Å²) in [5, 5.41) is 11.4. The minimum absolute atomic E-state index is 0.160. The Labute approximate surface area is 122 Å². The second kappa shape index (κ2) is 6.37. The van der Waals surface area contributed by atoms with Gasteiger partial charge in [0, 0.05) is 36.7 Å². The number of nitro groups is 1. The lowest BCUT2D eigenvalue weighted by atomic mass is 10.1. The number of halogens is 1. The maximum Gasteiger partial charge on any atom is 0.269 e. The van der Waals surface area contributed by atoms with E-state index < -0.39 is 0 Å². The van der Waals surface area contributed by atoms with Gasteiger partial charge in [0.2, 0.25) is 0 Å². The maximum absolute atomic E-state index is 10.8. The molecule has 0 aliphatic heterocycles. The minimum Gasteiger partial charge on any atom is -0.374 e. The van der Waals surface area contributed by atoms with Crippen LogP contribution in [0.25, 0.3) is 0 Å². The zero-order valence-corrected chi connectivity index (χ0v) is 12.7. The van der Waals surface area contributed by atoms with Crippen molar-refractivity contribution in [3.63, 3.8) is 0 Å². The topological polar surface area (TPSA) is 46.4 Å². The number of alkyl halides is 1. The molecule has 0 amide bonds. The van der Waals surface area contributed by atoms with Gasteiger partial charge in [-0.2, -0.15) is 0 Å². The predicted octanol–water partition coefficient (Wildman–Crippen LogP) is 4.12. The molecule has 0 bridgehead atoms. The average Bonchev–Trinajstić information content (AvgIpc) is 2.90. The molecule has 1 saturated carbocycles. The largest absolute Gasteiger partial charge is 0.374 e. The zero-order valence-electron chi connectivity index (χ0n) is 11.1. The average molecular weight is 327 g/mol. The van der Waals surface area contributed by atoms with E-state index in [1.165, 1.54) is 25.7 Å². The summed E-state index contributed by atoms with van der Waals surface area (Å²) in [4.78, 5) is 12.7. The smallest absolute Gasteiger partial charge is 0.269 e. The summed E-state index contributed by atoms with van der Waals surface area (Å²) in [6.07, 6.45) is 5.29. The predicted molar refractivity (Wildman–Crippen MR) is 81.0 cm³/mol. The van der Waals surface area contributed by atoms with E-state index in [1.807, 2.05) is 6.07 Å². The quantitative estimate of drug-likeness (QED) is 0.464. The molecule has 1 aliphatic carbocycles. The molecule has 1 fully saturated rings. The van der Waals surface area contributed by atoms with Crippen molar-refractivity contribution in [1.82, 2.24) is 0 Å². The van der Waals surface area contributed by atoms with E-state index in [1.54, 1.807) is 12.1 Å². The number of nitrogens with zero attached hydrogens (tertiary/aromatic N) is 2. The molecule has 0 heterocycles. The van der Waals surface area contributed by atoms with E-state index in [-0.39, 0.29) is 10.6 Å². The minimum atomic E-state index is -0.340. The standard InChI is InChI=1S/C14H19BrN2O2/c1-16(10-11-4-2-3-5-11)14-7-6-13(17(18)19)8-12(14)9-15/h6-8,11H,2-5,9-10H2,1H3. The van der Waals surface area contributed by atoms with Crippen LogP contribution in [0.2, 0.25) is 0 Å². The van der Waals surface area contributed by atoms with Crippen LogP contribution in [0.15, 0.2) is 18.2 Å². The van der Waals surface area contributed by atoms with Crippen molar-refractivity contribution >= 4 is 27.3 Å². The summed E-state index contributed by atoms with van der Waals surface area (Å²) in [5.74, 6) is 0.767. The Bertz CT molecular complexity index is 459. The number of hydrogen-bond acceptors (Lipinski definition) is 3. The van der Waals surface area contributed by atoms with Gasteiger partial charge < -0.3 is 4.90 Å². The Kier molecular flexibility index (Phi) is 4.80. The van der Waals surface area contributed by atoms with Gasteiger partial charge in [-0.25, -0.2) is 0 Å². The summed E-state index contributed by atoms with van der Waals surface area (Å²) in [5.41, 5.74) is 2.23. The van der Waals surface area contributed by atoms with Crippen molar-refractivity contribution < 1.29 is 4.92 Å². The van der Waals surface area contributed by atoms with Gasteiger partial charge in [-0.3, -0.25) is 10.1 Å². The maximum atomic E-state index is 10.8. The highest BCUT2D eigenvalue weighted by Gasteiger charge is 2.19. The van der Waals surface area contributed by atoms with Gasteiger partial charge >= 0.3 is 0 Å². The van der Waals surface area contributed by atoms with Gasteiger partial charge in [-0.05, 0) is 30.4 Å². The zero-order chi connectivity index (χ0) is 13.8. The first-order valence-electron chi connectivity index (χ1n) is 6.66. The van der Waals surface area contributed by atoms with E-state index in [2.05, 4.69) is 27.9 Å². The van der Waals surface area contributed by atoms with Crippen LogP contribution < -0.4 is 4.90 Å².